The molecule has 1 saturated carbocycles. The maximum atomic E-state index is 13.3. The van der Waals surface area contributed by atoms with Crippen LogP contribution in [-0.4, -0.2) is 79.1 Å². The third kappa shape index (κ3) is 8.25. The number of benzene rings is 2. The van der Waals surface area contributed by atoms with Gasteiger partial charge >= 0.3 is 5.97 Å². The first kappa shape index (κ1) is 31.3. The summed E-state index contributed by atoms with van der Waals surface area (Å²) in [5.74, 6) is 0.304. The summed E-state index contributed by atoms with van der Waals surface area (Å²) >= 11 is 0. The normalized spacial score (nSPS) is 18.4. The molecule has 0 spiro atoms. The van der Waals surface area contributed by atoms with Gasteiger partial charge in [0.15, 0.2) is 0 Å². The van der Waals surface area contributed by atoms with E-state index in [-0.39, 0.29) is 30.2 Å². The number of piperidine rings is 1. The number of methoxy groups -OCH3 is 1. The zero-order valence-electron chi connectivity index (χ0n) is 25.1. The molecule has 1 aliphatic carbocycles. The minimum Gasteiger partial charge on any atom is -0.497 e. The molecule has 2 aromatic rings. The average molecular weight is 580 g/mol. The summed E-state index contributed by atoms with van der Waals surface area (Å²) in [6, 6.07) is 12.3. The van der Waals surface area contributed by atoms with Gasteiger partial charge in [0, 0.05) is 42.7 Å². The number of likely N-dealkylation sites (N-methyl/N-ethyl adjacent to an activating group) is 1. The Labute approximate surface area is 249 Å². The lowest BCUT2D eigenvalue weighted by Gasteiger charge is -2.34. The highest BCUT2D eigenvalue weighted by atomic mass is 16.5. The molecule has 228 valence electrons. The molecule has 2 aliphatic rings. The number of hydrogen-bond donors (Lipinski definition) is 2. The number of carboxylic acids is 1. The number of amides is 2. The van der Waals surface area contributed by atoms with Gasteiger partial charge in [-0.15, -0.1) is 0 Å². The summed E-state index contributed by atoms with van der Waals surface area (Å²) in [6.45, 7) is 4.63. The molecular formula is C33H45N3O6. The molecule has 2 fully saturated rings. The van der Waals surface area contributed by atoms with E-state index in [2.05, 4.69) is 5.32 Å². The summed E-state index contributed by atoms with van der Waals surface area (Å²) in [4.78, 5) is 42.3. The fourth-order valence-corrected chi connectivity index (χ4v) is 6.24. The lowest BCUT2D eigenvalue weighted by molar-refractivity contribution is -0.141. The van der Waals surface area contributed by atoms with E-state index in [1.165, 1.54) is 0 Å². The molecule has 9 nitrogen and oxygen atoms in total. The van der Waals surface area contributed by atoms with Gasteiger partial charge in [0.2, 0.25) is 5.91 Å². The topological polar surface area (TPSA) is 108 Å². The van der Waals surface area contributed by atoms with Crippen molar-refractivity contribution in [2.45, 2.75) is 70.4 Å². The lowest BCUT2D eigenvalue weighted by atomic mass is 9.83. The molecule has 9 heteroatoms. The van der Waals surface area contributed by atoms with Crippen LogP contribution < -0.4 is 14.8 Å². The van der Waals surface area contributed by atoms with Crippen LogP contribution >= 0.6 is 0 Å². The van der Waals surface area contributed by atoms with E-state index in [1.54, 1.807) is 13.2 Å². The van der Waals surface area contributed by atoms with Gasteiger partial charge in [-0.25, -0.2) is 4.79 Å². The van der Waals surface area contributed by atoms with E-state index in [1.807, 2.05) is 60.2 Å². The highest BCUT2D eigenvalue weighted by Crippen LogP contribution is 2.30. The minimum absolute atomic E-state index is 0.0325. The summed E-state index contributed by atoms with van der Waals surface area (Å²) in [6.07, 6.45) is 6.58. The molecule has 0 aromatic heterocycles. The minimum atomic E-state index is -0.973. The van der Waals surface area contributed by atoms with Gasteiger partial charge in [-0.2, -0.15) is 0 Å². The first-order valence-corrected chi connectivity index (χ1v) is 15.2. The van der Waals surface area contributed by atoms with Crippen molar-refractivity contribution in [2.75, 3.05) is 40.4 Å². The van der Waals surface area contributed by atoms with Gasteiger partial charge < -0.3 is 24.8 Å². The van der Waals surface area contributed by atoms with Crippen molar-refractivity contribution in [3.8, 4) is 11.5 Å². The van der Waals surface area contributed by atoms with Crippen LogP contribution in [0.1, 0.15) is 79.3 Å². The molecule has 0 bridgehead atoms. The molecule has 1 aliphatic heterocycles. The summed E-state index contributed by atoms with van der Waals surface area (Å²) in [5.41, 5.74) is 2.45. The van der Waals surface area contributed by atoms with Gasteiger partial charge in [-0.3, -0.25) is 14.5 Å². The van der Waals surface area contributed by atoms with Gasteiger partial charge in [0.1, 0.15) is 17.5 Å². The zero-order valence-corrected chi connectivity index (χ0v) is 25.1. The maximum Gasteiger partial charge on any atom is 0.326 e. The zero-order chi connectivity index (χ0) is 30.1. The summed E-state index contributed by atoms with van der Waals surface area (Å²) < 4.78 is 11.1. The predicted octanol–water partition coefficient (Wildman–Crippen LogP) is 4.70. The van der Waals surface area contributed by atoms with Crippen molar-refractivity contribution < 1.29 is 29.0 Å². The van der Waals surface area contributed by atoms with Crippen molar-refractivity contribution in [1.82, 2.24) is 15.1 Å². The molecule has 2 aromatic carbocycles. The Hall–Kier alpha value is -3.59. The highest BCUT2D eigenvalue weighted by molar-refractivity contribution is 5.96. The second-order valence-corrected chi connectivity index (χ2v) is 11.6. The van der Waals surface area contributed by atoms with Gasteiger partial charge in [-0.05, 0) is 69.3 Å². The highest BCUT2D eigenvalue weighted by Gasteiger charge is 2.31. The number of likely N-dealkylation sites (tertiary alicyclic amines) is 1. The molecule has 0 radical (unpaired) electrons. The van der Waals surface area contributed by atoms with Crippen LogP contribution in [0.4, 0.5) is 0 Å². The van der Waals surface area contributed by atoms with Crippen molar-refractivity contribution in [3.05, 3.63) is 59.2 Å². The van der Waals surface area contributed by atoms with Crippen LogP contribution in [0.15, 0.2) is 42.5 Å². The Balaban J connectivity index is 1.36. The predicted molar refractivity (Wildman–Crippen MR) is 161 cm³/mol. The first-order valence-electron chi connectivity index (χ1n) is 15.2. The molecular weight excluding hydrogens is 534 g/mol. The average Bonchev–Trinajstić information content (AvgIpc) is 3.01. The van der Waals surface area contributed by atoms with Crippen LogP contribution in [0.25, 0.3) is 0 Å². The third-order valence-corrected chi connectivity index (χ3v) is 8.49. The lowest BCUT2D eigenvalue weighted by Crippen LogP contribution is -2.46. The summed E-state index contributed by atoms with van der Waals surface area (Å²) in [5, 5.41) is 12.6. The van der Waals surface area contributed by atoms with Crippen molar-refractivity contribution >= 4 is 17.8 Å². The van der Waals surface area contributed by atoms with E-state index in [0.29, 0.717) is 31.8 Å². The third-order valence-electron chi connectivity index (χ3n) is 8.49. The van der Waals surface area contributed by atoms with Crippen LogP contribution in [0, 0.1) is 5.92 Å². The molecule has 4 rings (SSSR count). The molecule has 2 N–H and O–H groups in total. The van der Waals surface area contributed by atoms with Crippen LogP contribution in [-0.2, 0) is 16.1 Å². The Kier molecular flexibility index (Phi) is 11.2. The van der Waals surface area contributed by atoms with Gasteiger partial charge in [-0.1, -0.05) is 37.5 Å². The van der Waals surface area contributed by atoms with Crippen molar-refractivity contribution in [2.24, 2.45) is 5.92 Å². The number of carbonyl (C=O) groups is 3. The Morgan fingerprint density at radius 3 is 2.57 bits per heavy atom. The number of rotatable bonds is 12. The van der Waals surface area contributed by atoms with E-state index >= 15 is 0 Å². The number of hydrogen-bond acceptors (Lipinski definition) is 6. The Morgan fingerprint density at radius 2 is 1.86 bits per heavy atom. The fraction of sp³-hybridized carbons (Fsp3) is 0.545. The second kappa shape index (κ2) is 15.0. The molecule has 2 atom stereocenters. The van der Waals surface area contributed by atoms with Crippen LogP contribution in [0.2, 0.25) is 0 Å². The standard InChI is InChI=1S/C33H45N3O6/c1-4-42-29-19-28(41-3)16-15-27(29)20-35(2)22-30(37)36-17-9-14-26(21-36)24-12-8-13-25(18-24)32(38)34-31(33(39)40)23-10-6-5-7-11-23/h8,12-13,15-16,18-19,23,26,31H,4-7,9-11,14,17,20-22H2,1-3H3,(H,34,38)(H,39,40)/t26?,31-/m0/s1. The smallest absolute Gasteiger partial charge is 0.326 e. The fourth-order valence-electron chi connectivity index (χ4n) is 6.24. The van der Waals surface area contributed by atoms with Gasteiger partial charge in [0.05, 0.1) is 20.3 Å². The molecule has 42 heavy (non-hydrogen) atoms. The van der Waals surface area contributed by atoms with E-state index < -0.39 is 12.0 Å². The maximum absolute atomic E-state index is 13.3. The van der Waals surface area contributed by atoms with Gasteiger partial charge in [0.25, 0.3) is 5.91 Å². The van der Waals surface area contributed by atoms with E-state index in [0.717, 1.165) is 67.6 Å². The number of carbonyl (C=O) groups excluding carboxylic acids is 2. The summed E-state index contributed by atoms with van der Waals surface area (Å²) in [7, 11) is 3.55. The van der Waals surface area contributed by atoms with E-state index in [9.17, 15) is 19.5 Å². The SMILES string of the molecule is CCOc1cc(OC)ccc1CN(C)CC(=O)N1CCCC(c2cccc(C(=O)N[C@H](C(=O)O)C3CCCCC3)c2)C1. The molecule has 1 unspecified atom stereocenters. The monoisotopic (exact) mass is 579 g/mol. The molecule has 2 amide bonds. The number of ether oxygens (including phenoxy) is 2. The number of nitrogens with zero attached hydrogens (tertiary/aromatic N) is 2. The van der Waals surface area contributed by atoms with Crippen LogP contribution in [0.3, 0.4) is 0 Å². The molecule has 1 saturated heterocycles. The molecule has 1 heterocycles. The van der Waals surface area contributed by atoms with Crippen molar-refractivity contribution in [1.29, 1.82) is 0 Å². The Bertz CT molecular complexity index is 1230. The van der Waals surface area contributed by atoms with Crippen LogP contribution in [0.5, 0.6) is 11.5 Å². The largest absolute Gasteiger partial charge is 0.497 e. The number of nitrogens with one attached hydrogen (secondary N) is 1. The number of aliphatic carboxylic acids is 1. The number of carboxylic acid groups (broad SMARTS) is 1. The van der Waals surface area contributed by atoms with Crippen molar-refractivity contribution in [3.63, 3.8) is 0 Å². The second-order valence-electron chi connectivity index (χ2n) is 11.6. The quantitative estimate of drug-likeness (QED) is 0.375. The first-order chi connectivity index (χ1) is 20.3. The Morgan fingerprint density at radius 1 is 1.07 bits per heavy atom. The van der Waals surface area contributed by atoms with E-state index in [4.69, 9.17) is 9.47 Å².